The number of hydrogen-bond acceptors (Lipinski definition) is 2. The highest BCUT2D eigenvalue weighted by Gasteiger charge is 2.16. The van der Waals surface area contributed by atoms with Crippen molar-refractivity contribution in [1.29, 1.82) is 0 Å². The molecule has 1 atom stereocenters. The SMILES string of the molecule is CC(C)CC(CNC(=O)c1cccc(Br)c1)CC(=O)O. The Labute approximate surface area is 127 Å². The van der Waals surface area contributed by atoms with Crippen LogP contribution in [0.5, 0.6) is 0 Å². The quantitative estimate of drug-likeness (QED) is 0.799. The van der Waals surface area contributed by atoms with Crippen LogP contribution in [0.1, 0.15) is 37.0 Å². The Morgan fingerprint density at radius 3 is 2.60 bits per heavy atom. The number of carboxylic acids is 1. The van der Waals surface area contributed by atoms with Gasteiger partial charge in [0.15, 0.2) is 0 Å². The Morgan fingerprint density at radius 2 is 2.05 bits per heavy atom. The van der Waals surface area contributed by atoms with Gasteiger partial charge in [-0.05, 0) is 36.5 Å². The van der Waals surface area contributed by atoms with Gasteiger partial charge in [0.1, 0.15) is 0 Å². The molecular formula is C15H20BrNO3. The fourth-order valence-electron chi connectivity index (χ4n) is 2.12. The van der Waals surface area contributed by atoms with Crippen molar-refractivity contribution in [3.8, 4) is 0 Å². The van der Waals surface area contributed by atoms with Gasteiger partial charge in [-0.3, -0.25) is 9.59 Å². The predicted octanol–water partition coefficient (Wildman–Crippen LogP) is 3.32. The fourth-order valence-corrected chi connectivity index (χ4v) is 2.52. The van der Waals surface area contributed by atoms with Crippen LogP contribution < -0.4 is 5.32 Å². The molecule has 1 amide bonds. The van der Waals surface area contributed by atoms with E-state index in [4.69, 9.17) is 5.11 Å². The van der Waals surface area contributed by atoms with E-state index in [0.29, 0.717) is 18.0 Å². The van der Waals surface area contributed by atoms with Gasteiger partial charge >= 0.3 is 5.97 Å². The first kappa shape index (κ1) is 16.7. The molecule has 1 rings (SSSR count). The molecule has 0 aliphatic heterocycles. The summed E-state index contributed by atoms with van der Waals surface area (Å²) < 4.78 is 0.842. The molecule has 0 radical (unpaired) electrons. The van der Waals surface area contributed by atoms with Gasteiger partial charge in [-0.2, -0.15) is 0 Å². The number of rotatable bonds is 7. The summed E-state index contributed by atoms with van der Waals surface area (Å²) in [5, 5.41) is 11.7. The number of nitrogens with one attached hydrogen (secondary N) is 1. The van der Waals surface area contributed by atoms with E-state index in [2.05, 4.69) is 21.2 Å². The van der Waals surface area contributed by atoms with E-state index in [0.717, 1.165) is 10.9 Å². The topological polar surface area (TPSA) is 66.4 Å². The predicted molar refractivity (Wildman–Crippen MR) is 81.7 cm³/mol. The Balaban J connectivity index is 2.57. The molecule has 1 aromatic carbocycles. The van der Waals surface area contributed by atoms with Crippen molar-refractivity contribution in [1.82, 2.24) is 5.32 Å². The zero-order valence-electron chi connectivity index (χ0n) is 11.7. The number of aliphatic carboxylic acids is 1. The number of carbonyl (C=O) groups excluding carboxylic acids is 1. The van der Waals surface area contributed by atoms with Crippen LogP contribution in [0.2, 0.25) is 0 Å². The molecule has 110 valence electrons. The lowest BCUT2D eigenvalue weighted by Crippen LogP contribution is -2.31. The van der Waals surface area contributed by atoms with E-state index in [1.807, 2.05) is 19.9 Å². The van der Waals surface area contributed by atoms with Gasteiger partial charge < -0.3 is 10.4 Å². The first-order valence-electron chi connectivity index (χ1n) is 6.64. The van der Waals surface area contributed by atoms with Gasteiger partial charge in [0.05, 0.1) is 0 Å². The number of carboxylic acid groups (broad SMARTS) is 1. The number of carbonyl (C=O) groups is 2. The number of hydrogen-bond donors (Lipinski definition) is 2. The van der Waals surface area contributed by atoms with Crippen LogP contribution in [0.15, 0.2) is 28.7 Å². The van der Waals surface area contributed by atoms with E-state index in [-0.39, 0.29) is 18.2 Å². The first-order valence-corrected chi connectivity index (χ1v) is 7.43. The molecule has 0 aliphatic carbocycles. The molecule has 0 saturated carbocycles. The van der Waals surface area contributed by atoms with Crippen LogP contribution in [0.3, 0.4) is 0 Å². The number of benzene rings is 1. The Bertz CT molecular complexity index is 474. The van der Waals surface area contributed by atoms with Crippen molar-refractivity contribution in [2.24, 2.45) is 11.8 Å². The molecule has 0 bridgehead atoms. The third-order valence-electron chi connectivity index (χ3n) is 2.91. The Kier molecular flexibility index (Phi) is 6.71. The summed E-state index contributed by atoms with van der Waals surface area (Å²) in [6.07, 6.45) is 0.863. The van der Waals surface area contributed by atoms with Crippen molar-refractivity contribution in [3.05, 3.63) is 34.3 Å². The van der Waals surface area contributed by atoms with E-state index in [9.17, 15) is 9.59 Å². The second-order valence-corrected chi connectivity index (χ2v) is 6.23. The maximum absolute atomic E-state index is 12.0. The van der Waals surface area contributed by atoms with Crippen molar-refractivity contribution in [2.45, 2.75) is 26.7 Å². The Morgan fingerprint density at radius 1 is 1.35 bits per heavy atom. The molecule has 1 aromatic rings. The summed E-state index contributed by atoms with van der Waals surface area (Å²) in [6.45, 7) is 4.48. The van der Waals surface area contributed by atoms with Gasteiger partial charge in [0.25, 0.3) is 5.91 Å². The minimum Gasteiger partial charge on any atom is -0.481 e. The van der Waals surface area contributed by atoms with Crippen LogP contribution in [-0.2, 0) is 4.79 Å². The summed E-state index contributed by atoms with van der Waals surface area (Å²) >= 11 is 3.32. The third-order valence-corrected chi connectivity index (χ3v) is 3.40. The van der Waals surface area contributed by atoms with Crippen LogP contribution in [0.4, 0.5) is 0 Å². The zero-order chi connectivity index (χ0) is 15.1. The normalized spacial score (nSPS) is 12.2. The fraction of sp³-hybridized carbons (Fsp3) is 0.467. The third kappa shape index (κ3) is 6.19. The lowest BCUT2D eigenvalue weighted by molar-refractivity contribution is -0.138. The first-order chi connectivity index (χ1) is 9.38. The molecule has 0 heterocycles. The van der Waals surface area contributed by atoms with Crippen molar-refractivity contribution in [3.63, 3.8) is 0 Å². The molecule has 0 spiro atoms. The van der Waals surface area contributed by atoms with Crippen LogP contribution in [0, 0.1) is 11.8 Å². The van der Waals surface area contributed by atoms with Crippen LogP contribution in [-0.4, -0.2) is 23.5 Å². The molecule has 20 heavy (non-hydrogen) atoms. The lowest BCUT2D eigenvalue weighted by Gasteiger charge is -2.17. The summed E-state index contributed by atoms with van der Waals surface area (Å²) in [5.74, 6) is -0.636. The van der Waals surface area contributed by atoms with E-state index < -0.39 is 5.97 Å². The summed E-state index contributed by atoms with van der Waals surface area (Å²) in [6, 6.07) is 7.11. The lowest BCUT2D eigenvalue weighted by atomic mass is 9.94. The smallest absolute Gasteiger partial charge is 0.303 e. The monoisotopic (exact) mass is 341 g/mol. The van der Waals surface area contributed by atoms with Crippen LogP contribution >= 0.6 is 15.9 Å². The van der Waals surface area contributed by atoms with Crippen molar-refractivity contribution in [2.75, 3.05) is 6.54 Å². The molecule has 2 N–H and O–H groups in total. The standard InChI is InChI=1S/C15H20BrNO3/c1-10(2)6-11(7-14(18)19)9-17-15(20)12-4-3-5-13(16)8-12/h3-5,8,10-11H,6-7,9H2,1-2H3,(H,17,20)(H,18,19). The second-order valence-electron chi connectivity index (χ2n) is 5.31. The second kappa shape index (κ2) is 8.04. The molecule has 5 heteroatoms. The number of halogens is 1. The molecular weight excluding hydrogens is 322 g/mol. The van der Waals surface area contributed by atoms with Gasteiger partial charge in [0, 0.05) is 23.0 Å². The summed E-state index contributed by atoms with van der Waals surface area (Å²) in [5.41, 5.74) is 0.568. The molecule has 0 fully saturated rings. The van der Waals surface area contributed by atoms with Gasteiger partial charge in [-0.25, -0.2) is 0 Å². The van der Waals surface area contributed by atoms with Crippen LogP contribution in [0.25, 0.3) is 0 Å². The van der Waals surface area contributed by atoms with E-state index in [1.54, 1.807) is 18.2 Å². The summed E-state index contributed by atoms with van der Waals surface area (Å²) in [4.78, 5) is 22.8. The maximum Gasteiger partial charge on any atom is 0.303 e. The molecule has 1 unspecified atom stereocenters. The largest absolute Gasteiger partial charge is 0.481 e. The van der Waals surface area contributed by atoms with Gasteiger partial charge in [0.2, 0.25) is 0 Å². The van der Waals surface area contributed by atoms with Crippen molar-refractivity contribution < 1.29 is 14.7 Å². The highest BCUT2D eigenvalue weighted by Crippen LogP contribution is 2.15. The van der Waals surface area contributed by atoms with Gasteiger partial charge in [-0.15, -0.1) is 0 Å². The minimum atomic E-state index is -0.827. The average molecular weight is 342 g/mol. The Hall–Kier alpha value is -1.36. The highest BCUT2D eigenvalue weighted by molar-refractivity contribution is 9.10. The molecule has 0 aliphatic rings. The molecule has 0 saturated heterocycles. The van der Waals surface area contributed by atoms with E-state index >= 15 is 0 Å². The number of amides is 1. The van der Waals surface area contributed by atoms with Crippen molar-refractivity contribution >= 4 is 27.8 Å². The maximum atomic E-state index is 12.0. The zero-order valence-corrected chi connectivity index (χ0v) is 13.3. The van der Waals surface area contributed by atoms with Gasteiger partial charge in [-0.1, -0.05) is 35.8 Å². The van der Waals surface area contributed by atoms with E-state index in [1.165, 1.54) is 0 Å². The average Bonchev–Trinajstić information content (AvgIpc) is 2.34. The minimum absolute atomic E-state index is 0.0383. The molecule has 0 aromatic heterocycles. The summed E-state index contributed by atoms with van der Waals surface area (Å²) in [7, 11) is 0. The molecule has 4 nitrogen and oxygen atoms in total. The highest BCUT2D eigenvalue weighted by atomic mass is 79.9.